The summed E-state index contributed by atoms with van der Waals surface area (Å²) in [7, 11) is 0. The average Bonchev–Trinajstić information content (AvgIpc) is 3.10. The van der Waals surface area contributed by atoms with E-state index in [0.29, 0.717) is 41.9 Å². The summed E-state index contributed by atoms with van der Waals surface area (Å²) in [5.41, 5.74) is 2.56. The highest BCUT2D eigenvalue weighted by molar-refractivity contribution is 6.12. The molecule has 4 rings (SSSR count). The Kier molecular flexibility index (Phi) is 6.87. The van der Waals surface area contributed by atoms with Crippen LogP contribution in [0.3, 0.4) is 0 Å². The third-order valence-corrected chi connectivity index (χ3v) is 5.69. The van der Waals surface area contributed by atoms with Crippen molar-refractivity contribution in [3.8, 4) is 11.5 Å². The Labute approximate surface area is 182 Å². The second-order valence-corrected chi connectivity index (χ2v) is 8.17. The minimum absolute atomic E-state index is 0.0438. The number of nitrogens with one attached hydrogen (secondary N) is 2. The van der Waals surface area contributed by atoms with Gasteiger partial charge in [-0.1, -0.05) is 11.6 Å². The summed E-state index contributed by atoms with van der Waals surface area (Å²) in [6.07, 6.45) is 4.42. The number of halogens is 1. The number of aryl methyl sites for hydroxylation is 1. The van der Waals surface area contributed by atoms with Crippen molar-refractivity contribution in [3.05, 3.63) is 70.9 Å². The SMILES string of the molecule is Cc1ccc2c(c1)C(=O)C(=C(CCCCOc1ccc(F)cc1)NC1CCNCC1)O2. The minimum atomic E-state index is -0.273. The normalized spacial score (nSPS) is 17.8. The molecule has 0 saturated carbocycles. The molecule has 0 unspecified atom stereocenters. The van der Waals surface area contributed by atoms with Gasteiger partial charge in [0.05, 0.1) is 17.9 Å². The molecule has 6 heteroatoms. The van der Waals surface area contributed by atoms with Gasteiger partial charge in [0.15, 0.2) is 5.76 Å². The van der Waals surface area contributed by atoms with Crippen molar-refractivity contribution in [3.63, 3.8) is 0 Å². The number of hydrogen-bond donors (Lipinski definition) is 2. The first-order chi connectivity index (χ1) is 15.1. The Morgan fingerprint density at radius 2 is 1.94 bits per heavy atom. The lowest BCUT2D eigenvalue weighted by molar-refractivity contribution is 0.101. The number of piperidine rings is 1. The monoisotopic (exact) mass is 424 g/mol. The van der Waals surface area contributed by atoms with Crippen LogP contribution < -0.4 is 20.1 Å². The number of Topliss-reactive ketones (excluding diaryl/α,β-unsaturated/α-hetero) is 1. The summed E-state index contributed by atoms with van der Waals surface area (Å²) in [6.45, 7) is 4.46. The molecule has 0 bridgehead atoms. The van der Waals surface area contributed by atoms with Crippen molar-refractivity contribution in [2.45, 2.75) is 45.1 Å². The highest BCUT2D eigenvalue weighted by Crippen LogP contribution is 2.33. The molecule has 1 fully saturated rings. The molecular weight excluding hydrogens is 395 g/mol. The number of carbonyl (C=O) groups is 1. The molecule has 31 heavy (non-hydrogen) atoms. The summed E-state index contributed by atoms with van der Waals surface area (Å²) in [5, 5.41) is 6.98. The van der Waals surface area contributed by atoms with Gasteiger partial charge in [0.25, 0.3) is 0 Å². The van der Waals surface area contributed by atoms with Crippen LogP contribution >= 0.6 is 0 Å². The summed E-state index contributed by atoms with van der Waals surface area (Å²) in [4.78, 5) is 13.0. The topological polar surface area (TPSA) is 59.6 Å². The number of carbonyl (C=O) groups excluding carboxylic acids is 1. The van der Waals surface area contributed by atoms with Gasteiger partial charge >= 0.3 is 0 Å². The van der Waals surface area contributed by atoms with Gasteiger partial charge in [0.1, 0.15) is 17.3 Å². The van der Waals surface area contributed by atoms with Crippen molar-refractivity contribution in [1.29, 1.82) is 0 Å². The molecule has 164 valence electrons. The van der Waals surface area contributed by atoms with E-state index in [1.54, 1.807) is 12.1 Å². The highest BCUT2D eigenvalue weighted by atomic mass is 19.1. The standard InChI is InChI=1S/C25H29FN2O3/c1-17-5-10-23-21(16-17)24(29)25(31-23)22(28-19-11-13-27-14-12-19)4-2-3-15-30-20-8-6-18(26)7-9-20/h5-10,16,19,27-28H,2-4,11-15H2,1H3. The van der Waals surface area contributed by atoms with Crippen molar-refractivity contribution >= 4 is 5.78 Å². The Hall–Kier alpha value is -2.86. The fraction of sp³-hybridized carbons (Fsp3) is 0.400. The number of ether oxygens (including phenoxy) is 2. The number of fused-ring (bicyclic) bond motifs is 1. The summed E-state index contributed by atoms with van der Waals surface area (Å²) in [5.74, 6) is 1.41. The van der Waals surface area contributed by atoms with Gasteiger partial charge in [0, 0.05) is 6.04 Å². The molecule has 2 heterocycles. The lowest BCUT2D eigenvalue weighted by atomic mass is 10.0. The zero-order chi connectivity index (χ0) is 21.6. The molecule has 2 aliphatic heterocycles. The van der Waals surface area contributed by atoms with Gasteiger partial charge in [-0.15, -0.1) is 0 Å². The van der Waals surface area contributed by atoms with E-state index >= 15 is 0 Å². The molecule has 0 atom stereocenters. The molecule has 1 saturated heterocycles. The predicted octanol–water partition coefficient (Wildman–Crippen LogP) is 4.51. The summed E-state index contributed by atoms with van der Waals surface area (Å²) in [6, 6.07) is 12.1. The number of benzene rings is 2. The molecule has 0 spiro atoms. The first-order valence-electron chi connectivity index (χ1n) is 11.0. The maximum Gasteiger partial charge on any atom is 0.233 e. The lowest BCUT2D eigenvalue weighted by Gasteiger charge is -2.26. The Morgan fingerprint density at radius 3 is 2.71 bits per heavy atom. The molecule has 2 aliphatic rings. The van der Waals surface area contributed by atoms with Crippen LogP contribution in [0.4, 0.5) is 4.39 Å². The van der Waals surface area contributed by atoms with E-state index < -0.39 is 0 Å². The van der Waals surface area contributed by atoms with Crippen LogP contribution in [0.1, 0.15) is 48.0 Å². The van der Waals surface area contributed by atoms with Crippen LogP contribution in [0.5, 0.6) is 11.5 Å². The van der Waals surface area contributed by atoms with Crippen molar-refractivity contribution < 1.29 is 18.7 Å². The average molecular weight is 425 g/mol. The molecule has 2 aromatic carbocycles. The largest absolute Gasteiger partial charge is 0.494 e. The minimum Gasteiger partial charge on any atom is -0.494 e. The third kappa shape index (κ3) is 5.44. The third-order valence-electron chi connectivity index (χ3n) is 5.69. The molecule has 2 N–H and O–H groups in total. The van der Waals surface area contributed by atoms with Gasteiger partial charge < -0.3 is 20.1 Å². The van der Waals surface area contributed by atoms with E-state index in [2.05, 4.69) is 10.6 Å². The maximum atomic E-state index is 13.0. The second-order valence-electron chi connectivity index (χ2n) is 8.17. The zero-order valence-corrected chi connectivity index (χ0v) is 17.9. The fourth-order valence-corrected chi connectivity index (χ4v) is 3.98. The highest BCUT2D eigenvalue weighted by Gasteiger charge is 2.31. The van der Waals surface area contributed by atoms with Gasteiger partial charge in [-0.05, 0) is 88.5 Å². The second kappa shape index (κ2) is 9.96. The van der Waals surface area contributed by atoms with E-state index in [1.807, 2.05) is 25.1 Å². The van der Waals surface area contributed by atoms with E-state index in [1.165, 1.54) is 12.1 Å². The Balaban J connectivity index is 1.40. The van der Waals surface area contributed by atoms with Crippen molar-refractivity contribution in [2.24, 2.45) is 0 Å². The molecule has 0 radical (unpaired) electrons. The van der Waals surface area contributed by atoms with Crippen LogP contribution in [-0.4, -0.2) is 31.5 Å². The Bertz CT molecular complexity index is 950. The van der Waals surface area contributed by atoms with Gasteiger partial charge in [0.2, 0.25) is 5.78 Å². The molecule has 0 aliphatic carbocycles. The molecular formula is C25H29FN2O3. The van der Waals surface area contributed by atoms with Crippen molar-refractivity contribution in [1.82, 2.24) is 10.6 Å². The quantitative estimate of drug-likeness (QED) is 0.482. The molecule has 2 aromatic rings. The fourth-order valence-electron chi connectivity index (χ4n) is 3.98. The van der Waals surface area contributed by atoms with Gasteiger partial charge in [-0.3, -0.25) is 4.79 Å². The number of unbranched alkanes of at least 4 members (excludes halogenated alkanes) is 1. The number of rotatable bonds is 8. The smallest absolute Gasteiger partial charge is 0.233 e. The summed E-state index contributed by atoms with van der Waals surface area (Å²) >= 11 is 0. The predicted molar refractivity (Wildman–Crippen MR) is 118 cm³/mol. The number of ketones is 1. The van der Waals surface area contributed by atoms with Crippen molar-refractivity contribution in [2.75, 3.05) is 19.7 Å². The van der Waals surface area contributed by atoms with E-state index in [4.69, 9.17) is 9.47 Å². The Morgan fingerprint density at radius 1 is 1.16 bits per heavy atom. The lowest BCUT2D eigenvalue weighted by Crippen LogP contribution is -2.40. The molecule has 0 aromatic heterocycles. The first kappa shape index (κ1) is 21.4. The number of hydrogen-bond acceptors (Lipinski definition) is 5. The van der Waals surface area contributed by atoms with Crippen LogP contribution in [0, 0.1) is 12.7 Å². The van der Waals surface area contributed by atoms with E-state index in [-0.39, 0.29) is 11.6 Å². The van der Waals surface area contributed by atoms with E-state index in [0.717, 1.165) is 50.0 Å². The molecule has 0 amide bonds. The zero-order valence-electron chi connectivity index (χ0n) is 17.9. The van der Waals surface area contributed by atoms with Crippen LogP contribution in [0.15, 0.2) is 53.9 Å². The molecule has 5 nitrogen and oxygen atoms in total. The number of allylic oxidation sites excluding steroid dienone is 2. The van der Waals surface area contributed by atoms with Gasteiger partial charge in [-0.2, -0.15) is 0 Å². The maximum absolute atomic E-state index is 13.0. The van der Waals surface area contributed by atoms with Gasteiger partial charge in [-0.25, -0.2) is 4.39 Å². The summed E-state index contributed by atoms with van der Waals surface area (Å²) < 4.78 is 24.7. The first-order valence-corrected chi connectivity index (χ1v) is 11.0. The van der Waals surface area contributed by atoms with Crippen LogP contribution in [-0.2, 0) is 0 Å². The van der Waals surface area contributed by atoms with Crippen LogP contribution in [0.2, 0.25) is 0 Å². The van der Waals surface area contributed by atoms with Crippen LogP contribution in [0.25, 0.3) is 0 Å². The van der Waals surface area contributed by atoms with E-state index in [9.17, 15) is 9.18 Å².